The molecule has 0 fully saturated rings. The van der Waals surface area contributed by atoms with E-state index in [0.29, 0.717) is 52.4 Å². The first-order chi connectivity index (χ1) is 18.4. The lowest BCUT2D eigenvalue weighted by atomic mass is 10.1. The van der Waals surface area contributed by atoms with Crippen LogP contribution in [0, 0.1) is 0 Å². The van der Waals surface area contributed by atoms with Crippen molar-refractivity contribution in [3.63, 3.8) is 0 Å². The number of hydrogen-bond donors (Lipinski definition) is 1. The summed E-state index contributed by atoms with van der Waals surface area (Å²) in [4.78, 5) is 28.1. The van der Waals surface area contributed by atoms with Crippen LogP contribution in [-0.2, 0) is 26.2 Å². The fourth-order valence-corrected chi connectivity index (χ4v) is 5.82. The smallest absolute Gasteiger partial charge is 0.243 e. The van der Waals surface area contributed by atoms with Crippen molar-refractivity contribution in [3.05, 3.63) is 52.0 Å². The van der Waals surface area contributed by atoms with Gasteiger partial charge in [-0.1, -0.05) is 36.2 Å². The van der Waals surface area contributed by atoms with Crippen molar-refractivity contribution in [1.82, 2.24) is 10.2 Å². The van der Waals surface area contributed by atoms with Gasteiger partial charge in [-0.2, -0.15) is 0 Å². The summed E-state index contributed by atoms with van der Waals surface area (Å²) in [7, 11) is -3.66. The van der Waals surface area contributed by atoms with Crippen LogP contribution in [0.5, 0.6) is 11.5 Å². The van der Waals surface area contributed by atoms with Gasteiger partial charge in [0.1, 0.15) is 19.3 Å². The molecule has 0 aliphatic carbocycles. The molecule has 2 aromatic rings. The van der Waals surface area contributed by atoms with Crippen molar-refractivity contribution in [2.45, 2.75) is 58.7 Å². The van der Waals surface area contributed by atoms with E-state index in [1.54, 1.807) is 36.4 Å². The van der Waals surface area contributed by atoms with Crippen LogP contribution in [-0.4, -0.2) is 63.2 Å². The first-order valence-electron chi connectivity index (χ1n) is 12.8. The molecule has 1 aliphatic rings. The van der Waals surface area contributed by atoms with Crippen molar-refractivity contribution in [1.29, 1.82) is 0 Å². The van der Waals surface area contributed by atoms with Gasteiger partial charge in [0.05, 0.1) is 11.9 Å². The van der Waals surface area contributed by atoms with Crippen LogP contribution < -0.4 is 19.1 Å². The van der Waals surface area contributed by atoms with E-state index < -0.39 is 16.1 Å². The Bertz CT molecular complexity index is 1270. The van der Waals surface area contributed by atoms with Crippen LogP contribution in [0.1, 0.15) is 45.6 Å². The number of nitrogens with one attached hydrogen (secondary N) is 1. The van der Waals surface area contributed by atoms with E-state index in [1.807, 2.05) is 20.8 Å². The molecule has 9 nitrogen and oxygen atoms in total. The second-order valence-electron chi connectivity index (χ2n) is 9.58. The third-order valence-corrected chi connectivity index (χ3v) is 8.08. The van der Waals surface area contributed by atoms with Crippen LogP contribution in [0.3, 0.4) is 0 Å². The Morgan fingerprint density at radius 3 is 2.28 bits per heavy atom. The number of hydrogen-bond acceptors (Lipinski definition) is 6. The van der Waals surface area contributed by atoms with E-state index in [1.165, 1.54) is 9.21 Å². The molecule has 0 unspecified atom stereocenters. The Kier molecular flexibility index (Phi) is 10.7. The standard InChI is InChI=1S/C27H35Cl2N3O6S/c1-5-23(27(34)30-18(2)3)31(17-20-21(28)8-6-9-22(20)29)26(33)10-7-13-32(39(4,35)36)19-11-12-24-25(16-19)38-15-14-37-24/h6,8-9,11-12,16,18,23H,5,7,10,13-15,17H2,1-4H3,(H,30,34)/t23-/m0/s1. The topological polar surface area (TPSA) is 105 Å². The first kappa shape index (κ1) is 30.8. The Balaban J connectivity index is 1.81. The van der Waals surface area contributed by atoms with E-state index >= 15 is 0 Å². The number of carbonyl (C=O) groups is 2. The highest BCUT2D eigenvalue weighted by molar-refractivity contribution is 7.92. The molecule has 0 saturated carbocycles. The highest BCUT2D eigenvalue weighted by Crippen LogP contribution is 2.35. The maximum Gasteiger partial charge on any atom is 0.243 e. The zero-order valence-electron chi connectivity index (χ0n) is 22.6. The lowest BCUT2D eigenvalue weighted by Crippen LogP contribution is -2.50. The average Bonchev–Trinajstić information content (AvgIpc) is 2.86. The van der Waals surface area contributed by atoms with Crippen LogP contribution in [0.15, 0.2) is 36.4 Å². The molecule has 2 amide bonds. The van der Waals surface area contributed by atoms with Crippen molar-refractivity contribution in [3.8, 4) is 11.5 Å². The van der Waals surface area contributed by atoms with Gasteiger partial charge in [-0.15, -0.1) is 0 Å². The van der Waals surface area contributed by atoms with Gasteiger partial charge in [-0.05, 0) is 51.0 Å². The second kappa shape index (κ2) is 13.6. The van der Waals surface area contributed by atoms with Gasteiger partial charge >= 0.3 is 0 Å². The number of anilines is 1. The van der Waals surface area contributed by atoms with Gasteiger partial charge < -0.3 is 19.7 Å². The SMILES string of the molecule is CC[C@@H](C(=O)NC(C)C)N(Cc1c(Cl)cccc1Cl)C(=O)CCCN(c1ccc2c(c1)OCCO2)S(C)(=O)=O. The summed E-state index contributed by atoms with van der Waals surface area (Å²) in [6, 6.07) is 9.13. The van der Waals surface area contributed by atoms with Gasteiger partial charge in [-0.3, -0.25) is 13.9 Å². The maximum atomic E-state index is 13.6. The van der Waals surface area contributed by atoms with E-state index in [0.717, 1.165) is 6.26 Å². The number of rotatable bonds is 12. The zero-order valence-corrected chi connectivity index (χ0v) is 24.9. The highest BCUT2D eigenvalue weighted by atomic mass is 35.5. The minimum Gasteiger partial charge on any atom is -0.486 e. The highest BCUT2D eigenvalue weighted by Gasteiger charge is 2.30. The molecule has 0 radical (unpaired) electrons. The molecular weight excluding hydrogens is 565 g/mol. The molecule has 0 bridgehead atoms. The number of ether oxygens (including phenoxy) is 2. The van der Waals surface area contributed by atoms with Crippen molar-refractivity contribution in [2.75, 3.05) is 30.3 Å². The summed E-state index contributed by atoms with van der Waals surface area (Å²) in [5, 5.41) is 3.66. The number of fused-ring (bicyclic) bond motifs is 1. The van der Waals surface area contributed by atoms with Crippen molar-refractivity contribution >= 4 is 50.7 Å². The summed E-state index contributed by atoms with van der Waals surface area (Å²) in [5.74, 6) is 0.423. The van der Waals surface area contributed by atoms with Crippen LogP contribution >= 0.6 is 23.2 Å². The summed E-state index contributed by atoms with van der Waals surface area (Å²) in [6.45, 7) is 6.41. The van der Waals surface area contributed by atoms with Crippen LogP contribution in [0.25, 0.3) is 0 Å². The normalized spacial score (nSPS) is 13.6. The Hall–Kier alpha value is -2.69. The monoisotopic (exact) mass is 599 g/mol. The summed E-state index contributed by atoms with van der Waals surface area (Å²) >= 11 is 12.8. The van der Waals surface area contributed by atoms with Crippen LogP contribution in [0.4, 0.5) is 5.69 Å². The summed E-state index contributed by atoms with van der Waals surface area (Å²) < 4.78 is 37.7. The predicted molar refractivity (Wildman–Crippen MR) is 153 cm³/mol. The third kappa shape index (κ3) is 8.16. The molecule has 214 valence electrons. The quantitative estimate of drug-likeness (QED) is 0.381. The molecule has 0 aromatic heterocycles. The maximum absolute atomic E-state index is 13.6. The first-order valence-corrected chi connectivity index (χ1v) is 15.4. The zero-order chi connectivity index (χ0) is 28.7. The number of carbonyl (C=O) groups excluding carboxylic acids is 2. The van der Waals surface area contributed by atoms with E-state index in [2.05, 4.69) is 5.32 Å². The van der Waals surface area contributed by atoms with Crippen molar-refractivity contribution in [2.24, 2.45) is 0 Å². The Morgan fingerprint density at radius 1 is 1.05 bits per heavy atom. The molecule has 3 rings (SSSR count). The summed E-state index contributed by atoms with van der Waals surface area (Å²) in [5.41, 5.74) is 0.954. The number of nitrogens with zero attached hydrogens (tertiary/aromatic N) is 2. The molecule has 1 atom stereocenters. The fourth-order valence-electron chi connectivity index (χ4n) is 4.35. The fraction of sp³-hybridized carbons (Fsp3) is 0.481. The number of amides is 2. The number of sulfonamides is 1. The van der Waals surface area contributed by atoms with Gasteiger partial charge in [-0.25, -0.2) is 8.42 Å². The molecule has 39 heavy (non-hydrogen) atoms. The molecule has 2 aromatic carbocycles. The van der Waals surface area contributed by atoms with Gasteiger partial charge in [0.15, 0.2) is 11.5 Å². The minimum atomic E-state index is -3.66. The minimum absolute atomic E-state index is 0.00407. The molecule has 1 heterocycles. The van der Waals surface area contributed by atoms with Crippen molar-refractivity contribution < 1.29 is 27.5 Å². The molecular formula is C27H35Cl2N3O6S. The van der Waals surface area contributed by atoms with Gasteiger partial charge in [0.25, 0.3) is 0 Å². The number of halogens is 2. The molecule has 1 aliphatic heterocycles. The molecule has 1 N–H and O–H groups in total. The van der Waals surface area contributed by atoms with E-state index in [4.69, 9.17) is 32.7 Å². The van der Waals surface area contributed by atoms with Crippen LogP contribution in [0.2, 0.25) is 10.0 Å². The third-order valence-electron chi connectivity index (χ3n) is 6.17. The Morgan fingerprint density at radius 2 is 1.69 bits per heavy atom. The number of benzene rings is 2. The molecule has 0 spiro atoms. The Labute approximate surface area is 240 Å². The lowest BCUT2D eigenvalue weighted by molar-refractivity contribution is -0.141. The summed E-state index contributed by atoms with van der Waals surface area (Å²) in [6.07, 6.45) is 1.71. The predicted octanol–water partition coefficient (Wildman–Crippen LogP) is 4.64. The molecule has 12 heteroatoms. The van der Waals surface area contributed by atoms with E-state index in [-0.39, 0.29) is 43.8 Å². The average molecular weight is 601 g/mol. The van der Waals surface area contributed by atoms with Gasteiger partial charge in [0.2, 0.25) is 21.8 Å². The molecule has 0 saturated heterocycles. The van der Waals surface area contributed by atoms with Gasteiger partial charge in [0, 0.05) is 47.2 Å². The second-order valence-corrected chi connectivity index (χ2v) is 12.3. The van der Waals surface area contributed by atoms with E-state index in [9.17, 15) is 18.0 Å². The largest absolute Gasteiger partial charge is 0.486 e. The lowest BCUT2D eigenvalue weighted by Gasteiger charge is -2.32.